The second-order valence-corrected chi connectivity index (χ2v) is 18.9. The number of aromatic amines is 1. The molecule has 1 unspecified atom stereocenters. The Balaban J connectivity index is 0.000000608. The summed E-state index contributed by atoms with van der Waals surface area (Å²) in [6.45, 7) is 7.65. The van der Waals surface area contributed by atoms with Crippen LogP contribution in [0.2, 0.25) is 0 Å². The van der Waals surface area contributed by atoms with Crippen LogP contribution < -0.4 is 16.0 Å². The molecule has 1 heterocycles. The summed E-state index contributed by atoms with van der Waals surface area (Å²) in [5, 5.41) is 39.5. The molecule has 0 bridgehead atoms. The molecule has 2 aromatic carbocycles. The van der Waals surface area contributed by atoms with Gasteiger partial charge in [0.2, 0.25) is 17.7 Å². The summed E-state index contributed by atoms with van der Waals surface area (Å²) >= 11 is 0. The molecule has 13 nitrogen and oxygen atoms in total. The molecular weight excluding hydrogens is 707 g/mol. The van der Waals surface area contributed by atoms with Crippen molar-refractivity contribution in [3.8, 4) is 5.75 Å². The number of amides is 3. The highest BCUT2D eigenvalue weighted by atomic mass is 31.2. The van der Waals surface area contributed by atoms with E-state index in [9.17, 15) is 24.1 Å². The highest BCUT2D eigenvalue weighted by Crippen LogP contribution is 2.51. The molecule has 300 valence electrons. The van der Waals surface area contributed by atoms with Gasteiger partial charge in [-0.25, -0.2) is 0 Å². The molecule has 0 radical (unpaired) electrons. The van der Waals surface area contributed by atoms with E-state index in [1.54, 1.807) is 18.2 Å². The number of phenols is 1. The van der Waals surface area contributed by atoms with E-state index >= 15 is 0 Å². The molecule has 2 saturated carbocycles. The number of aromatic nitrogens is 3. The van der Waals surface area contributed by atoms with E-state index in [-0.39, 0.29) is 34.9 Å². The van der Waals surface area contributed by atoms with Gasteiger partial charge in [-0.05, 0) is 55.2 Å². The lowest BCUT2D eigenvalue weighted by molar-refractivity contribution is -0.133. The number of aliphatic hydroxyl groups excluding tert-OH is 1. The molecule has 8 N–H and O–H groups in total. The number of fused-ring (bicyclic) bond motifs is 1. The van der Waals surface area contributed by atoms with E-state index in [1.165, 1.54) is 6.42 Å². The van der Waals surface area contributed by atoms with Gasteiger partial charge in [0, 0.05) is 24.7 Å². The van der Waals surface area contributed by atoms with Crippen LogP contribution in [0.4, 0.5) is 0 Å². The zero-order valence-corrected chi connectivity index (χ0v) is 33.3. The lowest BCUT2D eigenvalue weighted by Gasteiger charge is -2.34. The number of nitrogens with one attached hydrogen (secondary N) is 4. The Hall–Kier alpha value is -3.80. The van der Waals surface area contributed by atoms with Crippen molar-refractivity contribution >= 4 is 35.9 Å². The number of carbonyl (C=O) groups is 3. The Morgan fingerprint density at radius 2 is 1.46 bits per heavy atom. The van der Waals surface area contributed by atoms with Crippen LogP contribution >= 0.6 is 7.14 Å². The number of aromatic hydroxyl groups is 1. The summed E-state index contributed by atoms with van der Waals surface area (Å²) in [4.78, 5) is 40.7. The quantitative estimate of drug-likeness (QED) is 0.103. The van der Waals surface area contributed by atoms with Crippen molar-refractivity contribution in [2.75, 3.05) is 12.3 Å². The molecule has 3 amide bonds. The molecule has 54 heavy (non-hydrogen) atoms. The SMILES string of the molecule is CCP(=O)(CC)C(O)[C@H](CC1CCCCC1)NC(=O)[C@H](CC(C)C)NC(=O)[C@H](Cc1ccccc1)NC(=O)C1CCCC1.O.Oc1cccc2n[nH]nc12. The zero-order valence-electron chi connectivity index (χ0n) is 32.4. The highest BCUT2D eigenvalue weighted by molar-refractivity contribution is 7.64. The number of carbonyl (C=O) groups excluding carboxylic acids is 3. The molecule has 3 aromatic rings. The van der Waals surface area contributed by atoms with Crippen molar-refractivity contribution in [3.63, 3.8) is 0 Å². The molecular formula is C40H63N6O7P. The van der Waals surface area contributed by atoms with Gasteiger partial charge in [-0.3, -0.25) is 14.4 Å². The fraction of sp³-hybridized carbons (Fsp3) is 0.625. The fourth-order valence-electron chi connectivity index (χ4n) is 7.61. The van der Waals surface area contributed by atoms with E-state index < -0.39 is 37.0 Å². The van der Waals surface area contributed by atoms with Crippen molar-refractivity contribution in [2.45, 2.75) is 129 Å². The van der Waals surface area contributed by atoms with Crippen LogP contribution in [-0.4, -0.2) is 85.1 Å². The van der Waals surface area contributed by atoms with Crippen molar-refractivity contribution in [3.05, 3.63) is 54.1 Å². The van der Waals surface area contributed by atoms with E-state index in [2.05, 4.69) is 31.4 Å². The smallest absolute Gasteiger partial charge is 0.243 e. The maximum absolute atomic E-state index is 13.9. The third kappa shape index (κ3) is 12.9. The van der Waals surface area contributed by atoms with Crippen molar-refractivity contribution in [1.29, 1.82) is 0 Å². The monoisotopic (exact) mass is 770 g/mol. The summed E-state index contributed by atoms with van der Waals surface area (Å²) < 4.78 is 13.6. The highest BCUT2D eigenvalue weighted by Gasteiger charge is 2.38. The van der Waals surface area contributed by atoms with Gasteiger partial charge in [-0.15, -0.1) is 0 Å². The minimum Gasteiger partial charge on any atom is -0.506 e. The molecule has 5 rings (SSSR count). The first-order valence-corrected chi connectivity index (χ1v) is 21.8. The summed E-state index contributed by atoms with van der Waals surface area (Å²) in [6, 6.07) is 12.3. The van der Waals surface area contributed by atoms with Crippen LogP contribution in [0.1, 0.15) is 104 Å². The molecule has 1 aromatic heterocycles. The van der Waals surface area contributed by atoms with E-state index in [0.29, 0.717) is 48.5 Å². The Labute approximate surface area is 319 Å². The van der Waals surface area contributed by atoms with Gasteiger partial charge in [-0.1, -0.05) is 109 Å². The predicted molar refractivity (Wildman–Crippen MR) is 212 cm³/mol. The van der Waals surface area contributed by atoms with Crippen LogP contribution in [0.3, 0.4) is 0 Å². The van der Waals surface area contributed by atoms with Crippen LogP contribution in [0, 0.1) is 17.8 Å². The van der Waals surface area contributed by atoms with Gasteiger partial charge in [-0.2, -0.15) is 15.4 Å². The Morgan fingerprint density at radius 1 is 0.833 bits per heavy atom. The van der Waals surface area contributed by atoms with Gasteiger partial charge in [0.1, 0.15) is 36.3 Å². The molecule has 4 atom stereocenters. The molecule has 2 fully saturated rings. The average Bonchev–Trinajstić information content (AvgIpc) is 3.88. The van der Waals surface area contributed by atoms with Gasteiger partial charge in [0.25, 0.3) is 0 Å². The number of nitrogens with zero attached hydrogens (tertiary/aromatic N) is 2. The molecule has 14 heteroatoms. The first-order chi connectivity index (χ1) is 25.4. The summed E-state index contributed by atoms with van der Waals surface area (Å²) in [6.07, 6.45) is 11.2. The number of benzene rings is 2. The second-order valence-electron chi connectivity index (χ2n) is 15.2. The number of hydrogen-bond acceptors (Lipinski definition) is 8. The summed E-state index contributed by atoms with van der Waals surface area (Å²) in [7, 11) is -2.91. The number of para-hydroxylation sites is 1. The molecule has 0 saturated heterocycles. The fourth-order valence-corrected chi connectivity index (χ4v) is 9.66. The Morgan fingerprint density at radius 3 is 2.07 bits per heavy atom. The van der Waals surface area contributed by atoms with Crippen LogP contribution in [-0.2, 0) is 25.4 Å². The minimum absolute atomic E-state index is 0. The standard InChI is InChI=1S/C34H56N3O5P.C6H5N3O.H2O/c1-5-43(42,6-2)34(41)30(23-26-17-11-8-12-18-26)37-32(39)28(21-24(3)4)36-33(40)29(22-25-15-9-7-10-16-25)35-31(38)27-19-13-14-20-27;10-5-3-1-2-4-6(5)8-9-7-4;/h7,9-10,15-16,24,26-30,34,41H,5-6,8,11-14,17-23H2,1-4H3,(H,35,38)(H,36,40)(H,37,39);1-3,10H,(H,7,8,9);1H2/t28-,29-,30-,34?;;/m0../s1. The maximum Gasteiger partial charge on any atom is 0.243 e. The van der Waals surface area contributed by atoms with Gasteiger partial charge >= 0.3 is 0 Å². The lowest BCUT2D eigenvalue weighted by atomic mass is 9.85. The molecule has 0 aliphatic heterocycles. The zero-order chi connectivity index (χ0) is 38.4. The average molecular weight is 771 g/mol. The van der Waals surface area contributed by atoms with Gasteiger partial charge in [0.05, 0.1) is 6.04 Å². The van der Waals surface area contributed by atoms with Crippen molar-refractivity contribution < 1.29 is 34.6 Å². The van der Waals surface area contributed by atoms with E-state index in [1.807, 2.05) is 58.0 Å². The van der Waals surface area contributed by atoms with E-state index in [0.717, 1.165) is 56.9 Å². The van der Waals surface area contributed by atoms with Crippen molar-refractivity contribution in [1.82, 2.24) is 31.4 Å². The summed E-state index contributed by atoms with van der Waals surface area (Å²) in [5.74, 6) is -1.47. The number of hydrogen-bond donors (Lipinski definition) is 6. The lowest BCUT2D eigenvalue weighted by Crippen LogP contribution is -2.57. The number of phenolic OH excluding ortho intramolecular Hbond substituents is 1. The van der Waals surface area contributed by atoms with Crippen LogP contribution in [0.25, 0.3) is 11.0 Å². The number of rotatable bonds is 16. The summed E-state index contributed by atoms with van der Waals surface area (Å²) in [5.41, 5.74) is 2.12. The topological polar surface area (TPSA) is 218 Å². The Kier molecular flexibility index (Phi) is 18.1. The van der Waals surface area contributed by atoms with Crippen LogP contribution in [0.15, 0.2) is 48.5 Å². The molecule has 2 aliphatic carbocycles. The van der Waals surface area contributed by atoms with Crippen molar-refractivity contribution in [2.24, 2.45) is 17.8 Å². The maximum atomic E-state index is 13.9. The first-order valence-electron chi connectivity index (χ1n) is 19.6. The van der Waals surface area contributed by atoms with Gasteiger partial charge < -0.3 is 36.2 Å². The third-order valence-corrected chi connectivity index (χ3v) is 14.3. The normalized spacial score (nSPS) is 17.4. The van der Waals surface area contributed by atoms with E-state index in [4.69, 9.17) is 5.11 Å². The third-order valence-electron chi connectivity index (χ3n) is 10.9. The second kappa shape index (κ2) is 21.9. The largest absolute Gasteiger partial charge is 0.506 e. The minimum atomic E-state index is -2.91. The van der Waals surface area contributed by atoms with Gasteiger partial charge in [0.15, 0.2) is 5.52 Å². The number of H-pyrrole nitrogens is 1. The first kappa shape index (κ1) is 44.6. The molecule has 0 spiro atoms. The Bertz CT molecular complexity index is 1630. The number of aliphatic hydroxyl groups is 1. The van der Waals surface area contributed by atoms with Crippen LogP contribution in [0.5, 0.6) is 5.75 Å². The predicted octanol–water partition coefficient (Wildman–Crippen LogP) is 5.45. The molecule has 2 aliphatic rings.